The highest BCUT2D eigenvalue weighted by Crippen LogP contribution is 2.27. The van der Waals surface area contributed by atoms with Gasteiger partial charge in [0.2, 0.25) is 0 Å². The van der Waals surface area contributed by atoms with Crippen LogP contribution in [0.2, 0.25) is 0 Å². The average molecular weight is 449 g/mol. The molecule has 0 radical (unpaired) electrons. The van der Waals surface area contributed by atoms with E-state index in [2.05, 4.69) is 25.8 Å². The molecule has 1 amide bonds. The lowest BCUT2D eigenvalue weighted by molar-refractivity contribution is -0.118. The fourth-order valence-electron chi connectivity index (χ4n) is 3.25. The van der Waals surface area contributed by atoms with E-state index in [0.29, 0.717) is 17.1 Å². The van der Waals surface area contributed by atoms with Gasteiger partial charge in [-0.2, -0.15) is 0 Å². The highest BCUT2D eigenvalue weighted by atomic mass is 32.1. The molecule has 0 aliphatic rings. The Balaban J connectivity index is 1.58. The van der Waals surface area contributed by atoms with Gasteiger partial charge in [-0.1, -0.05) is 60.7 Å². The summed E-state index contributed by atoms with van der Waals surface area (Å²) in [4.78, 5) is 30.5. The van der Waals surface area contributed by atoms with Gasteiger partial charge < -0.3 is 4.74 Å². The average Bonchev–Trinajstić information content (AvgIpc) is 3.49. The second-order valence-electron chi connectivity index (χ2n) is 6.86. The number of nitrogens with zero attached hydrogens (tertiary/aromatic N) is 5. The molecule has 0 saturated carbocycles. The zero-order chi connectivity index (χ0) is 22.3. The van der Waals surface area contributed by atoms with E-state index < -0.39 is 12.0 Å². The third kappa shape index (κ3) is 4.86. The number of hydrogen-bond acceptors (Lipinski definition) is 8. The van der Waals surface area contributed by atoms with E-state index in [9.17, 15) is 9.59 Å². The van der Waals surface area contributed by atoms with Crippen molar-refractivity contribution in [2.75, 3.05) is 12.4 Å². The number of anilines is 1. The number of thiazole rings is 1. The van der Waals surface area contributed by atoms with Crippen LogP contribution in [-0.4, -0.2) is 44.2 Å². The lowest BCUT2D eigenvalue weighted by Crippen LogP contribution is -2.27. The summed E-state index contributed by atoms with van der Waals surface area (Å²) in [5, 5.41) is 14.3. The van der Waals surface area contributed by atoms with E-state index in [0.717, 1.165) is 16.9 Å². The molecule has 9 nitrogen and oxygen atoms in total. The largest absolute Gasteiger partial charge is 0.464 e. The Bertz CT molecular complexity index is 1180. The molecule has 2 aromatic carbocycles. The highest BCUT2D eigenvalue weighted by Gasteiger charge is 2.26. The van der Waals surface area contributed by atoms with Crippen LogP contribution in [0.25, 0.3) is 0 Å². The second kappa shape index (κ2) is 9.92. The monoisotopic (exact) mass is 448 g/mol. The Labute approximate surface area is 188 Å². The molecule has 1 atom stereocenters. The maximum Gasteiger partial charge on any atom is 0.357 e. The molecular weight excluding hydrogens is 428 g/mol. The van der Waals surface area contributed by atoms with E-state index in [-0.39, 0.29) is 11.6 Å². The molecular formula is C22H20N6O3S. The third-order valence-electron chi connectivity index (χ3n) is 4.78. The van der Waals surface area contributed by atoms with Crippen LogP contribution in [0.15, 0.2) is 67.0 Å². The van der Waals surface area contributed by atoms with Crippen molar-refractivity contribution in [2.45, 2.75) is 18.9 Å². The Morgan fingerprint density at radius 3 is 2.44 bits per heavy atom. The van der Waals surface area contributed by atoms with Gasteiger partial charge in [0, 0.05) is 4.88 Å². The van der Waals surface area contributed by atoms with Crippen LogP contribution in [0.1, 0.15) is 32.5 Å². The van der Waals surface area contributed by atoms with Gasteiger partial charge in [-0.3, -0.25) is 10.1 Å². The van der Waals surface area contributed by atoms with Gasteiger partial charge in [-0.15, -0.1) is 16.4 Å². The Morgan fingerprint density at radius 1 is 1.06 bits per heavy atom. The van der Waals surface area contributed by atoms with Gasteiger partial charge in [-0.25, -0.2) is 14.5 Å². The minimum Gasteiger partial charge on any atom is -0.464 e. The number of benzene rings is 2. The number of hydrogen-bond donors (Lipinski definition) is 1. The number of carbonyl (C=O) groups is 2. The van der Waals surface area contributed by atoms with Crippen molar-refractivity contribution in [1.82, 2.24) is 25.2 Å². The molecule has 2 heterocycles. The van der Waals surface area contributed by atoms with Crippen LogP contribution in [0, 0.1) is 0 Å². The summed E-state index contributed by atoms with van der Waals surface area (Å²) < 4.78 is 6.26. The number of tetrazole rings is 1. The molecule has 0 aliphatic heterocycles. The van der Waals surface area contributed by atoms with Crippen LogP contribution in [0.3, 0.4) is 0 Å². The third-order valence-corrected chi connectivity index (χ3v) is 5.81. The quantitative estimate of drug-likeness (QED) is 0.413. The maximum absolute atomic E-state index is 13.2. The smallest absolute Gasteiger partial charge is 0.357 e. The molecule has 0 aliphatic carbocycles. The first-order valence-corrected chi connectivity index (χ1v) is 10.7. The second-order valence-corrected chi connectivity index (χ2v) is 7.94. The molecule has 1 unspecified atom stereocenters. The molecule has 10 heteroatoms. The number of nitrogens with one attached hydrogen (secondary N) is 1. The first-order valence-electron chi connectivity index (χ1n) is 9.86. The SMILES string of the molecule is COC(=O)c1nc(NC(=O)C(c2ccccc2)n2cnnn2)sc1CCc1ccccc1. The standard InChI is InChI=1S/C22H20N6O3S/c1-31-21(30)18-17(13-12-15-8-4-2-5-9-15)32-22(24-18)25-20(29)19(28-14-23-26-27-28)16-10-6-3-7-11-16/h2-11,14,19H,12-13H2,1H3,(H,24,25,29). The highest BCUT2D eigenvalue weighted by molar-refractivity contribution is 7.16. The zero-order valence-electron chi connectivity index (χ0n) is 17.2. The van der Waals surface area contributed by atoms with Crippen LogP contribution >= 0.6 is 11.3 Å². The molecule has 4 rings (SSSR count). The summed E-state index contributed by atoms with van der Waals surface area (Å²) in [7, 11) is 1.31. The first kappa shape index (κ1) is 21.3. The minimum absolute atomic E-state index is 0.211. The van der Waals surface area contributed by atoms with Gasteiger partial charge in [-0.05, 0) is 34.4 Å². The van der Waals surface area contributed by atoms with Crippen LogP contribution in [-0.2, 0) is 22.4 Å². The van der Waals surface area contributed by atoms with Crippen LogP contribution in [0.5, 0.6) is 0 Å². The number of aromatic nitrogens is 5. The van der Waals surface area contributed by atoms with Gasteiger partial charge in [0.05, 0.1) is 7.11 Å². The Hall–Kier alpha value is -3.92. The normalized spacial score (nSPS) is 11.7. The van der Waals surface area contributed by atoms with Gasteiger partial charge >= 0.3 is 5.97 Å². The van der Waals surface area contributed by atoms with Crippen molar-refractivity contribution < 1.29 is 14.3 Å². The minimum atomic E-state index is -0.788. The van der Waals surface area contributed by atoms with E-state index >= 15 is 0 Å². The predicted molar refractivity (Wildman–Crippen MR) is 118 cm³/mol. The molecule has 0 spiro atoms. The van der Waals surface area contributed by atoms with E-state index in [1.165, 1.54) is 29.5 Å². The number of carbonyl (C=O) groups excluding carboxylic acids is 2. The van der Waals surface area contributed by atoms with Crippen molar-refractivity contribution in [2.24, 2.45) is 0 Å². The van der Waals surface area contributed by atoms with Crippen molar-refractivity contribution in [3.8, 4) is 0 Å². The van der Waals surface area contributed by atoms with Gasteiger partial charge in [0.25, 0.3) is 5.91 Å². The summed E-state index contributed by atoms with van der Waals surface area (Å²) in [5.41, 5.74) is 2.07. The lowest BCUT2D eigenvalue weighted by Gasteiger charge is -2.15. The Kier molecular flexibility index (Phi) is 6.61. The van der Waals surface area contributed by atoms with E-state index in [1.807, 2.05) is 60.7 Å². The van der Waals surface area contributed by atoms with Crippen molar-refractivity contribution in [1.29, 1.82) is 0 Å². The topological polar surface area (TPSA) is 112 Å². The van der Waals surface area contributed by atoms with Gasteiger partial charge in [0.15, 0.2) is 16.9 Å². The molecule has 1 N–H and O–H groups in total. The van der Waals surface area contributed by atoms with Crippen molar-refractivity contribution in [3.05, 3.63) is 88.7 Å². The molecule has 0 saturated heterocycles. The molecule has 2 aromatic heterocycles. The molecule has 0 fully saturated rings. The number of aryl methyl sites for hydroxylation is 2. The van der Waals surface area contributed by atoms with Crippen LogP contribution < -0.4 is 5.32 Å². The number of rotatable bonds is 8. The van der Waals surface area contributed by atoms with Crippen LogP contribution in [0.4, 0.5) is 5.13 Å². The maximum atomic E-state index is 13.2. The van der Waals surface area contributed by atoms with E-state index in [1.54, 1.807) is 0 Å². The first-order chi connectivity index (χ1) is 15.7. The van der Waals surface area contributed by atoms with Gasteiger partial charge in [0.1, 0.15) is 6.33 Å². The molecule has 162 valence electrons. The summed E-state index contributed by atoms with van der Waals surface area (Å²) in [5.74, 6) is -0.909. The van der Waals surface area contributed by atoms with Crippen molar-refractivity contribution >= 4 is 28.3 Å². The fraction of sp³-hybridized carbons (Fsp3) is 0.182. The number of ether oxygens (including phenoxy) is 1. The van der Waals surface area contributed by atoms with E-state index in [4.69, 9.17) is 4.74 Å². The Morgan fingerprint density at radius 2 is 1.78 bits per heavy atom. The predicted octanol–water partition coefficient (Wildman–Crippen LogP) is 2.93. The zero-order valence-corrected chi connectivity index (χ0v) is 18.0. The fourth-order valence-corrected chi connectivity index (χ4v) is 4.21. The summed E-state index contributed by atoms with van der Waals surface area (Å²) in [6, 6.07) is 18.3. The number of amides is 1. The number of methoxy groups -OCH3 is 1. The summed E-state index contributed by atoms with van der Waals surface area (Å²) in [6.45, 7) is 0. The van der Waals surface area contributed by atoms with Crippen molar-refractivity contribution in [3.63, 3.8) is 0 Å². The molecule has 32 heavy (non-hydrogen) atoms. The summed E-state index contributed by atoms with van der Waals surface area (Å²) >= 11 is 1.26. The summed E-state index contributed by atoms with van der Waals surface area (Å²) in [6.07, 6.45) is 2.71. The molecule has 0 bridgehead atoms. The number of esters is 1. The lowest BCUT2D eigenvalue weighted by atomic mass is 10.1. The molecule has 4 aromatic rings.